The van der Waals surface area contributed by atoms with Crippen molar-refractivity contribution < 1.29 is 9.53 Å². The molecule has 0 aliphatic carbocycles. The van der Waals surface area contributed by atoms with Gasteiger partial charge < -0.3 is 4.74 Å². The number of aromatic nitrogens is 1. The molecule has 0 atom stereocenters. The van der Waals surface area contributed by atoms with Gasteiger partial charge in [0.25, 0.3) is 5.91 Å². The van der Waals surface area contributed by atoms with Crippen LogP contribution in [0, 0.1) is 0 Å². The first kappa shape index (κ1) is 19.1. The van der Waals surface area contributed by atoms with Crippen LogP contribution in [0.5, 0.6) is 0 Å². The Morgan fingerprint density at radius 1 is 1.11 bits per heavy atom. The molecule has 3 aromatic rings. The van der Waals surface area contributed by atoms with E-state index in [1.165, 1.54) is 11.3 Å². The van der Waals surface area contributed by atoms with E-state index in [9.17, 15) is 4.79 Å². The van der Waals surface area contributed by atoms with Gasteiger partial charge in [-0.3, -0.25) is 15.0 Å². The number of carbonyl (C=O) groups is 1. The number of nitrogens with zero attached hydrogens (tertiary/aromatic N) is 2. The molecule has 144 valence electrons. The van der Waals surface area contributed by atoms with Gasteiger partial charge in [-0.25, -0.2) is 4.98 Å². The highest BCUT2D eigenvalue weighted by Crippen LogP contribution is 2.33. The predicted molar refractivity (Wildman–Crippen MR) is 113 cm³/mol. The molecular formula is C21H20ClN3O2S. The summed E-state index contributed by atoms with van der Waals surface area (Å²) < 4.78 is 5.45. The van der Waals surface area contributed by atoms with Crippen LogP contribution in [0.3, 0.4) is 0 Å². The van der Waals surface area contributed by atoms with Crippen molar-refractivity contribution in [1.82, 2.24) is 9.88 Å². The lowest BCUT2D eigenvalue weighted by molar-refractivity contribution is 0.0347. The molecule has 4 rings (SSSR count). The third-order valence-electron chi connectivity index (χ3n) is 4.54. The molecule has 1 N–H and O–H groups in total. The van der Waals surface area contributed by atoms with Crippen molar-refractivity contribution in [3.63, 3.8) is 0 Å². The van der Waals surface area contributed by atoms with E-state index in [0.717, 1.165) is 49.0 Å². The normalized spacial score (nSPS) is 14.8. The van der Waals surface area contributed by atoms with Gasteiger partial charge in [0.15, 0.2) is 5.13 Å². The molecule has 1 aliphatic heterocycles. The Balaban J connectivity index is 1.61. The zero-order valence-electron chi connectivity index (χ0n) is 15.2. The minimum Gasteiger partial charge on any atom is -0.379 e. The molecule has 7 heteroatoms. The number of ether oxygens (including phenoxy) is 1. The van der Waals surface area contributed by atoms with E-state index in [4.69, 9.17) is 21.3 Å². The van der Waals surface area contributed by atoms with Crippen molar-refractivity contribution in [3.05, 3.63) is 70.1 Å². The third kappa shape index (κ3) is 4.59. The average Bonchev–Trinajstić information content (AvgIpc) is 3.12. The first-order valence-electron chi connectivity index (χ1n) is 9.11. The fourth-order valence-corrected chi connectivity index (χ4v) is 4.21. The number of amides is 1. The molecule has 1 saturated heterocycles. The number of anilines is 1. The lowest BCUT2D eigenvalue weighted by atomic mass is 10.1. The Bertz CT molecular complexity index is 938. The maximum absolute atomic E-state index is 12.5. The van der Waals surface area contributed by atoms with Crippen molar-refractivity contribution in [2.75, 3.05) is 31.6 Å². The van der Waals surface area contributed by atoms with Gasteiger partial charge in [0.05, 0.1) is 18.9 Å². The number of halogens is 1. The Kier molecular flexibility index (Phi) is 6.02. The molecule has 0 radical (unpaired) electrons. The third-order valence-corrected chi connectivity index (χ3v) is 5.75. The number of hydrogen-bond acceptors (Lipinski definition) is 5. The van der Waals surface area contributed by atoms with Crippen LogP contribution in [0.25, 0.3) is 11.3 Å². The zero-order valence-corrected chi connectivity index (χ0v) is 16.8. The summed E-state index contributed by atoms with van der Waals surface area (Å²) in [4.78, 5) is 20.7. The van der Waals surface area contributed by atoms with Gasteiger partial charge in [-0.05, 0) is 24.3 Å². The van der Waals surface area contributed by atoms with E-state index in [0.29, 0.717) is 15.7 Å². The van der Waals surface area contributed by atoms with Crippen LogP contribution in [0.4, 0.5) is 5.13 Å². The Labute approximate surface area is 172 Å². The average molecular weight is 414 g/mol. The zero-order chi connectivity index (χ0) is 19.3. The van der Waals surface area contributed by atoms with Crippen molar-refractivity contribution in [3.8, 4) is 11.3 Å². The summed E-state index contributed by atoms with van der Waals surface area (Å²) in [5.41, 5.74) is 2.49. The first-order valence-corrected chi connectivity index (χ1v) is 10.3. The predicted octanol–water partition coefficient (Wildman–Crippen LogP) is 4.55. The largest absolute Gasteiger partial charge is 0.379 e. The SMILES string of the molecule is O=C(Nc1nc(-c2ccc(Cl)cc2)c(CN2CCOCC2)s1)c1ccccc1. The minimum absolute atomic E-state index is 0.157. The quantitative estimate of drug-likeness (QED) is 0.666. The highest BCUT2D eigenvalue weighted by atomic mass is 35.5. The molecule has 1 fully saturated rings. The summed E-state index contributed by atoms with van der Waals surface area (Å²) in [6.45, 7) is 4.05. The van der Waals surface area contributed by atoms with Crippen LogP contribution in [-0.4, -0.2) is 42.1 Å². The van der Waals surface area contributed by atoms with Gasteiger partial charge in [0.1, 0.15) is 0 Å². The molecular weight excluding hydrogens is 394 g/mol. The van der Waals surface area contributed by atoms with Gasteiger partial charge in [-0.2, -0.15) is 0 Å². The molecule has 5 nitrogen and oxygen atoms in total. The maximum atomic E-state index is 12.5. The number of morpholine rings is 1. The Morgan fingerprint density at radius 3 is 2.54 bits per heavy atom. The first-order chi connectivity index (χ1) is 13.7. The standard InChI is InChI=1S/C21H20ClN3O2S/c22-17-8-6-15(7-9-17)19-18(14-25-10-12-27-13-11-25)28-21(23-19)24-20(26)16-4-2-1-3-5-16/h1-9H,10-14H2,(H,23,24,26). The van der Waals surface area contributed by atoms with E-state index >= 15 is 0 Å². The van der Waals surface area contributed by atoms with Crippen molar-refractivity contribution in [1.29, 1.82) is 0 Å². The van der Waals surface area contributed by atoms with E-state index in [2.05, 4.69) is 10.2 Å². The molecule has 28 heavy (non-hydrogen) atoms. The van der Waals surface area contributed by atoms with Crippen LogP contribution < -0.4 is 5.32 Å². The molecule has 2 heterocycles. The fraction of sp³-hybridized carbons (Fsp3) is 0.238. The Hall–Kier alpha value is -2.25. The summed E-state index contributed by atoms with van der Waals surface area (Å²) in [7, 11) is 0. The molecule has 1 aliphatic rings. The number of hydrogen-bond donors (Lipinski definition) is 1. The van der Waals surface area contributed by atoms with E-state index in [1.807, 2.05) is 42.5 Å². The van der Waals surface area contributed by atoms with Gasteiger partial charge in [0.2, 0.25) is 0 Å². The van der Waals surface area contributed by atoms with E-state index in [1.54, 1.807) is 12.1 Å². The fourth-order valence-electron chi connectivity index (χ4n) is 3.07. The smallest absolute Gasteiger partial charge is 0.257 e. The van der Waals surface area contributed by atoms with Crippen LogP contribution >= 0.6 is 22.9 Å². The number of carbonyl (C=O) groups excluding carboxylic acids is 1. The number of rotatable bonds is 5. The summed E-state index contributed by atoms with van der Waals surface area (Å²) in [5, 5.41) is 4.22. The lowest BCUT2D eigenvalue weighted by Crippen LogP contribution is -2.35. The molecule has 1 aromatic heterocycles. The second kappa shape index (κ2) is 8.84. The van der Waals surface area contributed by atoms with E-state index in [-0.39, 0.29) is 5.91 Å². The highest BCUT2D eigenvalue weighted by Gasteiger charge is 2.19. The van der Waals surface area contributed by atoms with Crippen molar-refractivity contribution in [2.24, 2.45) is 0 Å². The minimum atomic E-state index is -0.157. The monoisotopic (exact) mass is 413 g/mol. The van der Waals surface area contributed by atoms with Crippen LogP contribution in [0.1, 0.15) is 15.2 Å². The second-order valence-corrected chi connectivity index (χ2v) is 8.03. The molecule has 0 spiro atoms. The number of nitrogens with one attached hydrogen (secondary N) is 1. The van der Waals surface area contributed by atoms with Gasteiger partial charge in [-0.15, -0.1) is 0 Å². The summed E-state index contributed by atoms with van der Waals surface area (Å²) in [6, 6.07) is 16.8. The molecule has 2 aromatic carbocycles. The molecule has 0 unspecified atom stereocenters. The van der Waals surface area contributed by atoms with E-state index < -0.39 is 0 Å². The second-order valence-electron chi connectivity index (χ2n) is 6.51. The number of benzene rings is 2. The van der Waals surface area contributed by atoms with Gasteiger partial charge in [-0.1, -0.05) is 53.3 Å². The van der Waals surface area contributed by atoms with Crippen molar-refractivity contribution >= 4 is 34.0 Å². The highest BCUT2D eigenvalue weighted by molar-refractivity contribution is 7.16. The molecule has 0 bridgehead atoms. The Morgan fingerprint density at radius 2 is 1.82 bits per heavy atom. The van der Waals surface area contributed by atoms with Crippen molar-refractivity contribution in [2.45, 2.75) is 6.54 Å². The van der Waals surface area contributed by atoms with Crippen LogP contribution in [0.15, 0.2) is 54.6 Å². The van der Waals surface area contributed by atoms with Gasteiger partial charge >= 0.3 is 0 Å². The van der Waals surface area contributed by atoms with Crippen LogP contribution in [0.2, 0.25) is 5.02 Å². The summed E-state index contributed by atoms with van der Waals surface area (Å²) in [5.74, 6) is -0.157. The van der Waals surface area contributed by atoms with Crippen LogP contribution in [-0.2, 0) is 11.3 Å². The topological polar surface area (TPSA) is 54.5 Å². The van der Waals surface area contributed by atoms with Gasteiger partial charge in [0, 0.05) is 40.7 Å². The summed E-state index contributed by atoms with van der Waals surface area (Å²) in [6.07, 6.45) is 0. The lowest BCUT2D eigenvalue weighted by Gasteiger charge is -2.26. The molecule has 0 saturated carbocycles. The molecule has 1 amide bonds. The maximum Gasteiger partial charge on any atom is 0.257 e. The number of thiazole rings is 1. The summed E-state index contributed by atoms with van der Waals surface area (Å²) >= 11 is 7.56.